The second-order valence-electron chi connectivity index (χ2n) is 7.04. The van der Waals surface area contributed by atoms with Crippen molar-refractivity contribution in [3.63, 3.8) is 0 Å². The molecule has 1 aromatic carbocycles. The van der Waals surface area contributed by atoms with E-state index in [0.29, 0.717) is 5.56 Å². The van der Waals surface area contributed by atoms with Crippen LogP contribution in [-0.4, -0.2) is 26.5 Å². The Morgan fingerprint density at radius 2 is 2.10 bits per heavy atom. The van der Waals surface area contributed by atoms with Gasteiger partial charge in [0, 0.05) is 36.1 Å². The average Bonchev–Trinajstić information content (AvgIpc) is 3.28. The van der Waals surface area contributed by atoms with Gasteiger partial charge in [-0.15, -0.1) is 0 Å². The summed E-state index contributed by atoms with van der Waals surface area (Å²) in [5.74, 6) is 1.53. The third-order valence-corrected chi connectivity index (χ3v) is 4.94. The Morgan fingerprint density at radius 1 is 1.31 bits per heavy atom. The number of allylic oxidation sites excluding steroid dienone is 3. The van der Waals surface area contributed by atoms with Crippen LogP contribution in [0.25, 0.3) is 10.9 Å². The second kappa shape index (κ2) is 8.73. The maximum atomic E-state index is 11.2. The van der Waals surface area contributed by atoms with Crippen molar-refractivity contribution >= 4 is 28.7 Å². The molecule has 0 spiro atoms. The molecule has 0 aliphatic carbocycles. The van der Waals surface area contributed by atoms with E-state index in [-0.39, 0.29) is 0 Å². The number of fused-ring (bicyclic) bond motifs is 1. The van der Waals surface area contributed by atoms with Gasteiger partial charge in [0.25, 0.3) is 0 Å². The Morgan fingerprint density at radius 3 is 2.76 bits per heavy atom. The van der Waals surface area contributed by atoms with Gasteiger partial charge in [0.2, 0.25) is 0 Å². The first kappa shape index (κ1) is 20.3. The van der Waals surface area contributed by atoms with Crippen LogP contribution in [0.5, 0.6) is 0 Å². The summed E-state index contributed by atoms with van der Waals surface area (Å²) in [6.45, 7) is 8.05. The van der Waals surface area contributed by atoms with E-state index in [2.05, 4.69) is 30.3 Å². The van der Waals surface area contributed by atoms with Crippen LogP contribution in [0.1, 0.15) is 43.1 Å². The lowest BCUT2D eigenvalue weighted by Gasteiger charge is -2.13. The number of hydrogen-bond acceptors (Lipinski definition) is 4. The highest BCUT2D eigenvalue weighted by atomic mass is 16.1. The number of benzene rings is 1. The fraction of sp³-hybridized carbons (Fsp3) is 0.261. The number of carbonyl (C=O) groups excluding carboxylic acids is 1. The van der Waals surface area contributed by atoms with Crippen LogP contribution in [-0.2, 0) is 7.05 Å². The van der Waals surface area contributed by atoms with Gasteiger partial charge in [-0.3, -0.25) is 9.48 Å². The van der Waals surface area contributed by atoms with Gasteiger partial charge in [-0.25, -0.2) is 4.99 Å². The molecule has 2 heterocycles. The lowest BCUT2D eigenvalue weighted by Crippen LogP contribution is -2.10. The third kappa shape index (κ3) is 4.37. The van der Waals surface area contributed by atoms with Crippen LogP contribution in [0.4, 0.5) is 5.69 Å². The Balaban J connectivity index is 2.02. The summed E-state index contributed by atoms with van der Waals surface area (Å²) < 4.78 is 3.74. The summed E-state index contributed by atoms with van der Waals surface area (Å²) in [5.41, 5.74) is 4.75. The molecule has 0 amide bonds. The molecule has 0 saturated heterocycles. The van der Waals surface area contributed by atoms with E-state index >= 15 is 0 Å². The van der Waals surface area contributed by atoms with Crippen molar-refractivity contribution in [1.82, 2.24) is 14.3 Å². The largest absolute Gasteiger partial charge is 0.340 e. The van der Waals surface area contributed by atoms with Crippen molar-refractivity contribution < 1.29 is 4.79 Å². The molecule has 2 aromatic heterocycles. The number of aryl methyl sites for hydroxylation is 2. The van der Waals surface area contributed by atoms with E-state index < -0.39 is 0 Å². The SMILES string of the molecule is C\C=C/C(=N\C(Nc1ccc2c(cnn2C)c1)=C(/C)CC)n1cc(C)c(C=O)c1. The maximum absolute atomic E-state index is 11.2. The van der Waals surface area contributed by atoms with Gasteiger partial charge < -0.3 is 9.88 Å². The Hall–Kier alpha value is -3.41. The first-order valence-electron chi connectivity index (χ1n) is 9.70. The first-order chi connectivity index (χ1) is 14.0. The van der Waals surface area contributed by atoms with Gasteiger partial charge in [-0.05, 0) is 62.6 Å². The summed E-state index contributed by atoms with van der Waals surface area (Å²) in [6.07, 6.45) is 11.2. The highest BCUT2D eigenvalue weighted by Gasteiger charge is 2.09. The number of aromatic nitrogens is 3. The normalized spacial score (nSPS) is 13.2. The van der Waals surface area contributed by atoms with Crippen molar-refractivity contribution in [2.75, 3.05) is 5.32 Å². The minimum absolute atomic E-state index is 0.662. The number of rotatable bonds is 6. The molecule has 0 bridgehead atoms. The fourth-order valence-electron chi connectivity index (χ4n) is 3.05. The van der Waals surface area contributed by atoms with Crippen molar-refractivity contribution in [2.24, 2.45) is 12.0 Å². The van der Waals surface area contributed by atoms with Gasteiger partial charge in [-0.2, -0.15) is 5.10 Å². The molecule has 0 saturated carbocycles. The van der Waals surface area contributed by atoms with Crippen LogP contribution in [0.2, 0.25) is 0 Å². The van der Waals surface area contributed by atoms with Gasteiger partial charge in [0.05, 0.1) is 11.7 Å². The van der Waals surface area contributed by atoms with Crippen molar-refractivity contribution in [1.29, 1.82) is 0 Å². The third-order valence-electron chi connectivity index (χ3n) is 4.94. The Bertz CT molecular complexity index is 1130. The van der Waals surface area contributed by atoms with Gasteiger partial charge in [-0.1, -0.05) is 13.0 Å². The summed E-state index contributed by atoms with van der Waals surface area (Å²) in [4.78, 5) is 16.1. The van der Waals surface area contributed by atoms with Gasteiger partial charge in [0.1, 0.15) is 11.7 Å². The molecule has 0 atom stereocenters. The number of nitrogens with one attached hydrogen (secondary N) is 1. The molecule has 29 heavy (non-hydrogen) atoms. The van der Waals surface area contributed by atoms with Crippen LogP contribution < -0.4 is 5.32 Å². The van der Waals surface area contributed by atoms with E-state index in [4.69, 9.17) is 4.99 Å². The number of anilines is 1. The lowest BCUT2D eigenvalue weighted by atomic mass is 10.2. The molecule has 1 N–H and O–H groups in total. The summed E-state index contributed by atoms with van der Waals surface area (Å²) in [7, 11) is 1.93. The topological polar surface area (TPSA) is 64.2 Å². The van der Waals surface area contributed by atoms with Gasteiger partial charge in [0.15, 0.2) is 6.29 Å². The number of aldehydes is 1. The molecule has 0 radical (unpaired) electrons. The molecule has 3 rings (SSSR count). The minimum Gasteiger partial charge on any atom is -0.340 e. The lowest BCUT2D eigenvalue weighted by molar-refractivity contribution is 0.112. The monoisotopic (exact) mass is 389 g/mol. The molecule has 0 fully saturated rings. The molecular formula is C23H27N5O. The molecule has 150 valence electrons. The zero-order valence-electron chi connectivity index (χ0n) is 17.6. The van der Waals surface area contributed by atoms with E-state index in [1.807, 2.05) is 73.0 Å². The number of aliphatic imine (C=N–C) groups is 1. The van der Waals surface area contributed by atoms with Crippen LogP contribution in [0.15, 0.2) is 65.3 Å². The number of nitrogens with zero attached hydrogens (tertiary/aromatic N) is 4. The summed E-state index contributed by atoms with van der Waals surface area (Å²) in [6, 6.07) is 6.15. The van der Waals surface area contributed by atoms with Gasteiger partial charge >= 0.3 is 0 Å². The predicted molar refractivity (Wildman–Crippen MR) is 120 cm³/mol. The first-order valence-corrected chi connectivity index (χ1v) is 9.70. The number of carbonyl (C=O) groups is 1. The van der Waals surface area contributed by atoms with Crippen molar-refractivity contribution in [3.05, 3.63) is 71.5 Å². The highest BCUT2D eigenvalue weighted by molar-refractivity contribution is 5.97. The fourth-order valence-corrected chi connectivity index (χ4v) is 3.05. The predicted octanol–water partition coefficient (Wildman–Crippen LogP) is 5.07. The minimum atomic E-state index is 0.662. The summed E-state index contributed by atoms with van der Waals surface area (Å²) >= 11 is 0. The maximum Gasteiger partial charge on any atom is 0.151 e. The van der Waals surface area contributed by atoms with Crippen LogP contribution >= 0.6 is 0 Å². The van der Waals surface area contributed by atoms with E-state index in [0.717, 1.165) is 52.1 Å². The second-order valence-corrected chi connectivity index (χ2v) is 7.04. The molecule has 0 unspecified atom stereocenters. The zero-order valence-corrected chi connectivity index (χ0v) is 17.6. The smallest absolute Gasteiger partial charge is 0.151 e. The van der Waals surface area contributed by atoms with E-state index in [1.54, 1.807) is 0 Å². The van der Waals surface area contributed by atoms with Crippen LogP contribution in [0.3, 0.4) is 0 Å². The molecule has 6 nitrogen and oxygen atoms in total. The van der Waals surface area contributed by atoms with E-state index in [9.17, 15) is 4.79 Å². The molecule has 3 aromatic rings. The number of hydrogen-bond donors (Lipinski definition) is 1. The molecular weight excluding hydrogens is 362 g/mol. The quantitative estimate of drug-likeness (QED) is 0.364. The highest BCUT2D eigenvalue weighted by Crippen LogP contribution is 2.22. The summed E-state index contributed by atoms with van der Waals surface area (Å²) in [5, 5.41) is 8.84. The molecule has 0 aliphatic rings. The molecule has 0 aliphatic heterocycles. The molecule has 6 heteroatoms. The van der Waals surface area contributed by atoms with E-state index in [1.165, 1.54) is 0 Å². The average molecular weight is 390 g/mol. The van der Waals surface area contributed by atoms with Crippen LogP contribution in [0, 0.1) is 6.92 Å². The zero-order chi connectivity index (χ0) is 21.0. The standard InChI is InChI=1S/C23H27N5O/c1-6-8-22(28-13-17(4)19(14-28)15-29)26-23(16(3)7-2)25-20-9-10-21-18(11-20)12-24-27(21)5/h6,8-15,25H,7H2,1-5H3/b8-6-,23-16+,26-22+. The van der Waals surface area contributed by atoms with Crippen molar-refractivity contribution in [3.8, 4) is 0 Å². The van der Waals surface area contributed by atoms with Crippen molar-refractivity contribution in [2.45, 2.75) is 34.1 Å². The Labute approximate surface area is 171 Å². The Kier molecular flexibility index (Phi) is 6.12.